The fourth-order valence-electron chi connectivity index (χ4n) is 11.0. The zero-order valence-corrected chi connectivity index (χ0v) is 42.8. The number of ether oxygens (including phenoxy) is 1. The lowest BCUT2D eigenvalue weighted by molar-refractivity contribution is -0.119. The Hall–Kier alpha value is -6.49. The highest BCUT2D eigenvalue weighted by molar-refractivity contribution is 7.88. The zero-order chi connectivity index (χ0) is 51.0. The van der Waals surface area contributed by atoms with Crippen molar-refractivity contribution in [2.75, 3.05) is 50.2 Å². The standard InChI is InChI=1S/C29H32FN5O5S.C21H25N5O4S/c1-5-39-23-14-20(30)13-22(15-23)34-26(8-9-27(34)36)29-31-24-12-19(28-17(2)32-40-18(28)3)6-7-25(24)35(29)21-10-11-33(16-21)41(4,37)38;1-12-20(13(2)30-24-12)14-4-6-18-17(10-14)23-21(16-5-7-19(27)22-16)26(18)15-8-9-25(11-15)31(3,28)29/h6-7,12-15,21,26H,5,8-11,16H2,1-4H3;4,6,10,15-16H,5,7-9,11H2,1-3H3,(H,22,27)/t21-,26+;15-,16+/m11/s1. The normalized spacial score (nSPS) is 21.1. The van der Waals surface area contributed by atoms with E-state index < -0.39 is 31.9 Å². The third-order valence-corrected chi connectivity index (χ3v) is 16.8. The summed E-state index contributed by atoms with van der Waals surface area (Å²) in [7, 11) is -6.63. The van der Waals surface area contributed by atoms with Gasteiger partial charge in [-0.3, -0.25) is 9.59 Å². The molecule has 1 N–H and O–H groups in total. The third-order valence-electron chi connectivity index (χ3n) is 14.3. The van der Waals surface area contributed by atoms with Crippen LogP contribution in [0.2, 0.25) is 0 Å². The molecule has 4 aliphatic heterocycles. The first-order valence-corrected chi connectivity index (χ1v) is 27.8. The van der Waals surface area contributed by atoms with Crippen LogP contribution in [-0.2, 0) is 29.6 Å². The number of carbonyl (C=O) groups excluding carboxylic acids is 2. The van der Waals surface area contributed by atoms with Gasteiger partial charge in [0.15, 0.2) is 0 Å². The first kappa shape index (κ1) is 49.1. The van der Waals surface area contributed by atoms with Gasteiger partial charge in [0.05, 0.1) is 82.4 Å². The van der Waals surface area contributed by atoms with Gasteiger partial charge >= 0.3 is 0 Å². The molecule has 380 valence electrons. The number of benzene rings is 3. The number of anilines is 1. The van der Waals surface area contributed by atoms with Crippen LogP contribution in [0.15, 0.2) is 63.6 Å². The molecular weight excluding hydrogens is 968 g/mol. The monoisotopic (exact) mass is 1020 g/mol. The minimum atomic E-state index is -3.37. The molecule has 0 aliphatic carbocycles. The fraction of sp³-hybridized carbons (Fsp3) is 0.440. The fourth-order valence-corrected chi connectivity index (χ4v) is 12.8. The van der Waals surface area contributed by atoms with Gasteiger partial charge in [-0.05, 0) is 102 Å². The van der Waals surface area contributed by atoms with E-state index in [1.165, 1.54) is 33.3 Å². The highest BCUT2D eigenvalue weighted by atomic mass is 32.2. The second kappa shape index (κ2) is 18.8. The summed E-state index contributed by atoms with van der Waals surface area (Å²) in [4.78, 5) is 36.8. The summed E-state index contributed by atoms with van der Waals surface area (Å²) in [6, 6.07) is 15.4. The third kappa shape index (κ3) is 9.17. The Morgan fingerprint density at radius 3 is 1.72 bits per heavy atom. The predicted octanol–water partition coefficient (Wildman–Crippen LogP) is 7.39. The summed E-state index contributed by atoms with van der Waals surface area (Å²) in [5.41, 5.74) is 9.01. The van der Waals surface area contributed by atoms with Crippen molar-refractivity contribution >= 4 is 59.6 Å². The smallest absolute Gasteiger partial charge is 0.227 e. The quantitative estimate of drug-likeness (QED) is 0.134. The second-order valence-electron chi connectivity index (χ2n) is 19.2. The van der Waals surface area contributed by atoms with Crippen LogP contribution in [0.5, 0.6) is 5.75 Å². The molecular formula is C50H57FN10O9S2. The van der Waals surface area contributed by atoms with E-state index in [0.717, 1.165) is 61.8 Å². The molecule has 0 spiro atoms. The molecule has 2 amide bonds. The van der Waals surface area contributed by atoms with E-state index in [4.69, 9.17) is 23.8 Å². The predicted molar refractivity (Wildman–Crippen MR) is 267 cm³/mol. The maximum atomic E-state index is 14.6. The van der Waals surface area contributed by atoms with E-state index in [0.29, 0.717) is 93.4 Å². The van der Waals surface area contributed by atoms with Crippen molar-refractivity contribution in [3.63, 3.8) is 0 Å². The number of rotatable bonds is 11. The van der Waals surface area contributed by atoms with E-state index in [9.17, 15) is 30.8 Å². The van der Waals surface area contributed by atoms with Crippen LogP contribution in [0.3, 0.4) is 0 Å². The Morgan fingerprint density at radius 1 is 0.708 bits per heavy atom. The Kier molecular flexibility index (Phi) is 12.9. The van der Waals surface area contributed by atoms with Gasteiger partial charge in [-0.1, -0.05) is 22.4 Å². The van der Waals surface area contributed by atoms with Crippen molar-refractivity contribution in [1.82, 2.24) is 43.3 Å². The van der Waals surface area contributed by atoms with Crippen molar-refractivity contribution in [1.29, 1.82) is 0 Å². The lowest BCUT2D eigenvalue weighted by Crippen LogP contribution is -2.31. The van der Waals surface area contributed by atoms with Crippen molar-refractivity contribution < 1.29 is 44.6 Å². The maximum Gasteiger partial charge on any atom is 0.227 e. The molecule has 0 bridgehead atoms. The summed E-state index contributed by atoms with van der Waals surface area (Å²) in [5, 5.41) is 11.2. The number of carbonyl (C=O) groups is 2. The number of fused-ring (bicyclic) bond motifs is 2. The number of amides is 2. The molecule has 4 saturated heterocycles. The van der Waals surface area contributed by atoms with Gasteiger partial charge in [0.25, 0.3) is 0 Å². The number of nitrogens with zero attached hydrogens (tertiary/aromatic N) is 9. The molecule has 0 saturated carbocycles. The van der Waals surface area contributed by atoms with Crippen LogP contribution in [0, 0.1) is 33.5 Å². The van der Waals surface area contributed by atoms with Crippen LogP contribution in [0.25, 0.3) is 44.3 Å². The van der Waals surface area contributed by atoms with Gasteiger partial charge in [-0.2, -0.15) is 0 Å². The largest absolute Gasteiger partial charge is 0.494 e. The van der Waals surface area contributed by atoms with Gasteiger partial charge in [-0.15, -0.1) is 0 Å². The number of aryl methyl sites for hydroxylation is 4. The van der Waals surface area contributed by atoms with Crippen LogP contribution in [0.1, 0.15) is 104 Å². The average molecular weight is 1030 g/mol. The molecule has 4 fully saturated rings. The van der Waals surface area contributed by atoms with Crippen molar-refractivity contribution in [2.45, 2.75) is 97.3 Å². The Morgan fingerprint density at radius 2 is 1.25 bits per heavy atom. The number of aromatic nitrogens is 6. The number of hydrogen-bond donors (Lipinski definition) is 1. The van der Waals surface area contributed by atoms with E-state index in [1.54, 1.807) is 11.0 Å². The number of nitrogens with one attached hydrogen (secondary N) is 1. The molecule has 0 unspecified atom stereocenters. The molecule has 8 heterocycles. The van der Waals surface area contributed by atoms with Crippen LogP contribution in [0.4, 0.5) is 10.1 Å². The van der Waals surface area contributed by atoms with Gasteiger partial charge < -0.3 is 33.1 Å². The second-order valence-corrected chi connectivity index (χ2v) is 23.1. The Bertz CT molecular complexity index is 3470. The molecule has 4 aromatic heterocycles. The Balaban J connectivity index is 0.000000172. The van der Waals surface area contributed by atoms with Crippen molar-refractivity contribution in [3.05, 3.63) is 95.0 Å². The Labute approximate surface area is 416 Å². The highest BCUT2D eigenvalue weighted by Crippen LogP contribution is 2.43. The molecule has 11 rings (SSSR count). The lowest BCUT2D eigenvalue weighted by Gasteiger charge is -2.27. The molecule has 4 aliphatic rings. The summed E-state index contributed by atoms with van der Waals surface area (Å²) in [6.07, 6.45) is 5.69. The number of imidazole rings is 2. The van der Waals surface area contributed by atoms with Crippen LogP contribution in [-0.4, -0.2) is 112 Å². The number of sulfonamides is 2. The molecule has 19 nitrogen and oxygen atoms in total. The van der Waals surface area contributed by atoms with E-state index in [-0.39, 0.29) is 36.4 Å². The van der Waals surface area contributed by atoms with Crippen LogP contribution >= 0.6 is 0 Å². The van der Waals surface area contributed by atoms with Crippen LogP contribution < -0.4 is 15.0 Å². The number of hydrogen-bond acceptors (Lipinski definition) is 13. The first-order chi connectivity index (χ1) is 34.3. The van der Waals surface area contributed by atoms with Gasteiger partial charge in [-0.25, -0.2) is 39.8 Å². The first-order valence-electron chi connectivity index (χ1n) is 24.1. The van der Waals surface area contributed by atoms with Crippen molar-refractivity contribution in [3.8, 4) is 28.0 Å². The topological polar surface area (TPSA) is 221 Å². The minimum absolute atomic E-state index is 0.0178. The summed E-state index contributed by atoms with van der Waals surface area (Å²) in [6.45, 7) is 11.3. The number of halogens is 1. The SMILES string of the molecule is CCOc1cc(F)cc(N2C(=O)CC[C@H]2c2nc3cc(-c4c(C)noc4C)ccc3n2[C@@H]2CCN(S(C)(=O)=O)C2)c1.Cc1noc(C)c1-c1ccc2c(c1)nc([C@@H]1CCC(=O)N1)n2[C@@H]1CCN(S(C)(=O)=O)C1. The highest BCUT2D eigenvalue weighted by Gasteiger charge is 2.41. The molecule has 3 aromatic carbocycles. The summed E-state index contributed by atoms with van der Waals surface area (Å²) >= 11 is 0. The van der Waals surface area contributed by atoms with E-state index in [1.807, 2.05) is 71.0 Å². The molecule has 7 aromatic rings. The lowest BCUT2D eigenvalue weighted by atomic mass is 10.0. The molecule has 0 radical (unpaired) electrons. The van der Waals surface area contributed by atoms with Gasteiger partial charge in [0.1, 0.15) is 34.7 Å². The summed E-state index contributed by atoms with van der Waals surface area (Å²) in [5.74, 6) is 2.61. The van der Waals surface area contributed by atoms with Crippen molar-refractivity contribution in [2.24, 2.45) is 0 Å². The van der Waals surface area contributed by atoms with Gasteiger partial charge in [0, 0.05) is 62.3 Å². The zero-order valence-electron chi connectivity index (χ0n) is 41.2. The van der Waals surface area contributed by atoms with E-state index in [2.05, 4.69) is 24.8 Å². The maximum absolute atomic E-state index is 14.6. The van der Waals surface area contributed by atoms with E-state index >= 15 is 0 Å². The van der Waals surface area contributed by atoms with Gasteiger partial charge in [0.2, 0.25) is 31.9 Å². The molecule has 72 heavy (non-hydrogen) atoms. The molecule has 4 atom stereocenters. The molecule has 22 heteroatoms. The average Bonchev–Trinajstić information content (AvgIpc) is 4.18. The summed E-state index contributed by atoms with van der Waals surface area (Å²) < 4.78 is 87.0. The minimum Gasteiger partial charge on any atom is -0.494 e.